The number of nitrogens with zero attached hydrogens (tertiary/aromatic N) is 3. The minimum atomic E-state index is 0.544. The summed E-state index contributed by atoms with van der Waals surface area (Å²) in [7, 11) is 0. The number of rotatable bonds is 3. The van der Waals surface area contributed by atoms with Gasteiger partial charge in [0.2, 0.25) is 0 Å². The fraction of sp³-hybridized carbons (Fsp3) is 0.238. The number of nitrogens with one attached hydrogen (secondary N) is 1. The SMILES string of the molecule is Cc1ccc2nc(/C(C#N)=C\c3ccc(N4CCCC4)cc3)[nH]c2c1. The van der Waals surface area contributed by atoms with Crippen molar-refractivity contribution in [3.05, 3.63) is 59.4 Å². The first kappa shape index (κ1) is 15.5. The summed E-state index contributed by atoms with van der Waals surface area (Å²) in [6.07, 6.45) is 4.43. The average molecular weight is 328 g/mol. The number of anilines is 1. The van der Waals surface area contributed by atoms with Crippen LogP contribution in [0.1, 0.15) is 29.8 Å². The molecule has 1 aromatic heterocycles. The van der Waals surface area contributed by atoms with Crippen molar-refractivity contribution in [1.29, 1.82) is 5.26 Å². The highest BCUT2D eigenvalue weighted by Crippen LogP contribution is 2.23. The Kier molecular flexibility index (Phi) is 3.99. The van der Waals surface area contributed by atoms with Crippen molar-refractivity contribution in [1.82, 2.24) is 9.97 Å². The lowest BCUT2D eigenvalue weighted by atomic mass is 10.1. The molecule has 3 aromatic rings. The van der Waals surface area contributed by atoms with Crippen molar-refractivity contribution in [2.75, 3.05) is 18.0 Å². The maximum Gasteiger partial charge on any atom is 0.149 e. The molecule has 4 heteroatoms. The van der Waals surface area contributed by atoms with Crippen molar-refractivity contribution < 1.29 is 0 Å². The summed E-state index contributed by atoms with van der Waals surface area (Å²) in [5, 5.41) is 9.56. The molecule has 124 valence electrons. The molecule has 0 saturated carbocycles. The third kappa shape index (κ3) is 3.14. The summed E-state index contributed by atoms with van der Waals surface area (Å²) in [6, 6.07) is 16.7. The normalized spacial score (nSPS) is 14.9. The van der Waals surface area contributed by atoms with E-state index < -0.39 is 0 Å². The molecular formula is C21H20N4. The van der Waals surface area contributed by atoms with E-state index in [1.165, 1.54) is 24.1 Å². The average Bonchev–Trinajstić information content (AvgIpc) is 3.29. The van der Waals surface area contributed by atoms with Gasteiger partial charge in [0.15, 0.2) is 0 Å². The number of hydrogen-bond donors (Lipinski definition) is 1. The van der Waals surface area contributed by atoms with Gasteiger partial charge in [-0.1, -0.05) is 18.2 Å². The summed E-state index contributed by atoms with van der Waals surface area (Å²) in [6.45, 7) is 4.32. The number of fused-ring (bicyclic) bond motifs is 1. The quantitative estimate of drug-likeness (QED) is 0.718. The second kappa shape index (κ2) is 6.45. The fourth-order valence-electron chi connectivity index (χ4n) is 3.33. The molecule has 0 bridgehead atoms. The van der Waals surface area contributed by atoms with Crippen LogP contribution in [-0.2, 0) is 0 Å². The predicted molar refractivity (Wildman–Crippen MR) is 102 cm³/mol. The molecule has 0 atom stereocenters. The largest absolute Gasteiger partial charge is 0.372 e. The molecule has 1 aliphatic rings. The van der Waals surface area contributed by atoms with Gasteiger partial charge in [-0.3, -0.25) is 0 Å². The Morgan fingerprint density at radius 3 is 2.64 bits per heavy atom. The topological polar surface area (TPSA) is 55.7 Å². The van der Waals surface area contributed by atoms with Crippen molar-refractivity contribution in [2.45, 2.75) is 19.8 Å². The van der Waals surface area contributed by atoms with Crippen molar-refractivity contribution in [3.63, 3.8) is 0 Å². The molecule has 25 heavy (non-hydrogen) atoms. The number of aromatic amines is 1. The van der Waals surface area contributed by atoms with Gasteiger partial charge < -0.3 is 9.88 Å². The van der Waals surface area contributed by atoms with Crippen molar-refractivity contribution in [2.24, 2.45) is 0 Å². The standard InChI is InChI=1S/C21H20N4/c1-15-4-9-19-20(12-15)24-21(23-19)17(14-22)13-16-5-7-18(8-6-16)25-10-2-3-11-25/h4-9,12-13H,2-3,10-11H2,1H3,(H,23,24)/b17-13-. The molecule has 0 amide bonds. The van der Waals surface area contributed by atoms with E-state index in [2.05, 4.69) is 45.2 Å². The van der Waals surface area contributed by atoms with E-state index in [0.29, 0.717) is 11.4 Å². The lowest BCUT2D eigenvalue weighted by Gasteiger charge is -2.17. The maximum atomic E-state index is 9.56. The van der Waals surface area contributed by atoms with Gasteiger partial charge in [0, 0.05) is 18.8 Å². The minimum absolute atomic E-state index is 0.544. The van der Waals surface area contributed by atoms with Gasteiger partial charge in [-0.15, -0.1) is 0 Å². The van der Waals surface area contributed by atoms with Crippen LogP contribution in [0.2, 0.25) is 0 Å². The number of imidazole rings is 1. The van der Waals surface area contributed by atoms with Gasteiger partial charge in [-0.05, 0) is 61.2 Å². The van der Waals surface area contributed by atoms with Gasteiger partial charge in [-0.25, -0.2) is 4.98 Å². The summed E-state index contributed by atoms with van der Waals surface area (Å²) in [5.74, 6) is 0.617. The van der Waals surface area contributed by atoms with Gasteiger partial charge in [0.05, 0.1) is 16.6 Å². The smallest absolute Gasteiger partial charge is 0.149 e. The van der Waals surface area contributed by atoms with Gasteiger partial charge in [-0.2, -0.15) is 5.26 Å². The van der Waals surface area contributed by atoms with E-state index in [9.17, 15) is 5.26 Å². The number of aryl methyl sites for hydroxylation is 1. The highest BCUT2D eigenvalue weighted by Gasteiger charge is 2.12. The second-order valence-corrected chi connectivity index (χ2v) is 6.56. The molecule has 0 aliphatic carbocycles. The Morgan fingerprint density at radius 1 is 1.16 bits per heavy atom. The number of allylic oxidation sites excluding steroid dienone is 1. The maximum absolute atomic E-state index is 9.56. The Bertz CT molecular complexity index is 967. The van der Waals surface area contributed by atoms with E-state index in [1.54, 1.807) is 0 Å². The van der Waals surface area contributed by atoms with E-state index in [4.69, 9.17) is 0 Å². The van der Waals surface area contributed by atoms with Crippen LogP contribution in [0.5, 0.6) is 0 Å². The molecule has 2 aromatic carbocycles. The molecule has 1 aliphatic heterocycles. The zero-order valence-corrected chi connectivity index (χ0v) is 14.3. The molecule has 4 rings (SSSR count). The number of nitriles is 1. The molecule has 1 saturated heterocycles. The van der Waals surface area contributed by atoms with Crippen LogP contribution in [0.25, 0.3) is 22.7 Å². The van der Waals surface area contributed by atoms with Gasteiger partial charge in [0.25, 0.3) is 0 Å². The Labute approximate surface area is 147 Å². The third-order valence-corrected chi connectivity index (χ3v) is 4.69. The van der Waals surface area contributed by atoms with E-state index in [-0.39, 0.29) is 0 Å². The van der Waals surface area contributed by atoms with E-state index >= 15 is 0 Å². The number of hydrogen-bond acceptors (Lipinski definition) is 3. The molecule has 4 nitrogen and oxygen atoms in total. The molecule has 1 N–H and O–H groups in total. The molecule has 0 unspecified atom stereocenters. The van der Waals surface area contributed by atoms with Crippen LogP contribution in [-0.4, -0.2) is 23.1 Å². The van der Waals surface area contributed by atoms with Crippen LogP contribution in [0.15, 0.2) is 42.5 Å². The highest BCUT2D eigenvalue weighted by molar-refractivity contribution is 5.90. The molecular weight excluding hydrogens is 308 g/mol. The van der Waals surface area contributed by atoms with Crippen LogP contribution >= 0.6 is 0 Å². The first-order chi connectivity index (χ1) is 12.2. The summed E-state index contributed by atoms with van der Waals surface area (Å²) < 4.78 is 0. The van der Waals surface area contributed by atoms with Crippen LogP contribution in [0.3, 0.4) is 0 Å². The Balaban J connectivity index is 1.64. The first-order valence-corrected chi connectivity index (χ1v) is 8.66. The number of benzene rings is 2. The molecule has 0 spiro atoms. The highest BCUT2D eigenvalue weighted by atomic mass is 15.1. The van der Waals surface area contributed by atoms with Crippen molar-refractivity contribution >= 4 is 28.4 Å². The van der Waals surface area contributed by atoms with Crippen LogP contribution < -0.4 is 4.90 Å². The lowest BCUT2D eigenvalue weighted by molar-refractivity contribution is 0.949. The number of H-pyrrole nitrogens is 1. The van der Waals surface area contributed by atoms with Crippen LogP contribution in [0.4, 0.5) is 5.69 Å². The molecule has 1 fully saturated rings. The van der Waals surface area contributed by atoms with Crippen molar-refractivity contribution in [3.8, 4) is 6.07 Å². The lowest BCUT2D eigenvalue weighted by Crippen LogP contribution is -2.17. The Morgan fingerprint density at radius 2 is 1.92 bits per heavy atom. The molecule has 0 radical (unpaired) electrons. The zero-order valence-electron chi connectivity index (χ0n) is 14.3. The fourth-order valence-corrected chi connectivity index (χ4v) is 3.33. The second-order valence-electron chi connectivity index (χ2n) is 6.56. The minimum Gasteiger partial charge on any atom is -0.372 e. The first-order valence-electron chi connectivity index (χ1n) is 8.66. The Hall–Kier alpha value is -3.06. The van der Waals surface area contributed by atoms with Crippen LogP contribution in [0, 0.1) is 18.3 Å². The summed E-state index contributed by atoms with van der Waals surface area (Å²) >= 11 is 0. The summed E-state index contributed by atoms with van der Waals surface area (Å²) in [5.41, 5.74) is 5.82. The molecule has 2 heterocycles. The summed E-state index contributed by atoms with van der Waals surface area (Å²) in [4.78, 5) is 10.2. The zero-order chi connectivity index (χ0) is 17.2. The van der Waals surface area contributed by atoms with Gasteiger partial charge >= 0.3 is 0 Å². The predicted octanol–water partition coefficient (Wildman–Crippen LogP) is 4.54. The van der Waals surface area contributed by atoms with Gasteiger partial charge in [0.1, 0.15) is 11.9 Å². The number of aromatic nitrogens is 2. The monoisotopic (exact) mass is 328 g/mol. The van der Waals surface area contributed by atoms with E-state index in [0.717, 1.165) is 29.7 Å². The van der Waals surface area contributed by atoms with E-state index in [1.807, 2.05) is 31.2 Å². The third-order valence-electron chi connectivity index (χ3n) is 4.69.